The quantitative estimate of drug-likeness (QED) is 0.144. The molecule has 0 aliphatic rings. The molecule has 42 heavy (non-hydrogen) atoms. The Kier molecular flexibility index (Phi) is 4.22. The zero-order chi connectivity index (χ0) is 28.3. The van der Waals surface area contributed by atoms with E-state index in [1.807, 2.05) is 36.4 Å². The summed E-state index contributed by atoms with van der Waals surface area (Å²) < 4.78 is 0. The number of hydrogen-bond acceptors (Lipinski definition) is 4. The van der Waals surface area contributed by atoms with Crippen LogP contribution in [-0.4, -0.2) is 19.9 Å². The van der Waals surface area contributed by atoms with Crippen molar-refractivity contribution >= 4 is 87.2 Å². The molecule has 8 nitrogen and oxygen atoms in total. The van der Waals surface area contributed by atoms with Crippen molar-refractivity contribution in [3.63, 3.8) is 0 Å². The zero-order valence-corrected chi connectivity index (χ0v) is 21.7. The molecule has 0 atom stereocenters. The van der Waals surface area contributed by atoms with Gasteiger partial charge in [-0.05, 0) is 60.7 Å². The van der Waals surface area contributed by atoms with Crippen molar-refractivity contribution in [2.45, 2.75) is 0 Å². The Hall–Kier alpha value is -6.02. The highest BCUT2D eigenvalue weighted by atomic mass is 16.1. The second-order valence-electron chi connectivity index (χ2n) is 10.7. The molecule has 4 aromatic heterocycles. The molecule has 9 rings (SSSR count). The number of aromatic nitrogens is 4. The summed E-state index contributed by atoms with van der Waals surface area (Å²) in [5, 5.41) is 3.32. The molecule has 0 amide bonds. The number of pyridine rings is 4. The Balaban J connectivity index is 1.41. The molecule has 0 spiro atoms. The van der Waals surface area contributed by atoms with Crippen molar-refractivity contribution in [3.8, 4) is 0 Å². The van der Waals surface area contributed by atoms with Crippen LogP contribution in [0.25, 0.3) is 87.2 Å². The number of aromatic amines is 4. The third-order valence-electron chi connectivity index (χ3n) is 8.37. The highest BCUT2D eigenvalue weighted by molar-refractivity contribution is 6.13. The molecule has 4 N–H and O–H groups in total. The van der Waals surface area contributed by atoms with Crippen LogP contribution in [0.5, 0.6) is 0 Å². The van der Waals surface area contributed by atoms with Crippen LogP contribution in [-0.2, 0) is 0 Å². The fourth-order valence-corrected chi connectivity index (χ4v) is 6.37. The molecule has 0 unspecified atom stereocenters. The SMILES string of the molecule is O=c1c2ccccc2[nH]c2cc3c(=O)c4c(ccc5[nH]c6cc7c(=O)c8ccccc8[nH]c7cc6c(=O)c54)[nH]c3cc12. The topological polar surface area (TPSA) is 131 Å². The standard InChI is InChI=1S/C34H18N4O4/c39-31-15-5-1-3-7-21(15)35-25-13-19-27(11-17(25)31)37-23-9-10-24-30(29(23)33(19)41)34(42)20-14-26-18(12-28(20)38-24)32(40)16-6-2-4-8-22(16)36-26/h1-14H,(H,35,39)(H,36,40)(H,37,41)(H,38,42). The van der Waals surface area contributed by atoms with Crippen molar-refractivity contribution in [1.82, 2.24) is 19.9 Å². The molecule has 0 aliphatic carbocycles. The van der Waals surface area contributed by atoms with Gasteiger partial charge in [-0.3, -0.25) is 19.2 Å². The summed E-state index contributed by atoms with van der Waals surface area (Å²) in [4.78, 5) is 67.7. The maximum atomic E-state index is 14.1. The van der Waals surface area contributed by atoms with Gasteiger partial charge in [-0.2, -0.15) is 0 Å². The molecule has 0 saturated carbocycles. The van der Waals surface area contributed by atoms with E-state index in [4.69, 9.17) is 0 Å². The van der Waals surface area contributed by atoms with Gasteiger partial charge in [-0.25, -0.2) is 0 Å². The van der Waals surface area contributed by atoms with E-state index < -0.39 is 0 Å². The van der Waals surface area contributed by atoms with Gasteiger partial charge in [-0.15, -0.1) is 0 Å². The summed E-state index contributed by atoms with van der Waals surface area (Å²) in [5.74, 6) is 0. The van der Waals surface area contributed by atoms with Crippen LogP contribution in [0.3, 0.4) is 0 Å². The highest BCUT2D eigenvalue weighted by Gasteiger charge is 2.17. The molecule has 0 fully saturated rings. The van der Waals surface area contributed by atoms with Crippen LogP contribution in [0.2, 0.25) is 0 Å². The van der Waals surface area contributed by atoms with E-state index in [9.17, 15) is 19.2 Å². The molecular formula is C34H18N4O4. The molecule has 8 heteroatoms. The lowest BCUT2D eigenvalue weighted by molar-refractivity contribution is 1.44. The first kappa shape index (κ1) is 22.8. The molecule has 0 saturated heterocycles. The summed E-state index contributed by atoms with van der Waals surface area (Å²) in [6.07, 6.45) is 0. The zero-order valence-electron chi connectivity index (χ0n) is 21.7. The summed E-state index contributed by atoms with van der Waals surface area (Å²) in [6.45, 7) is 0. The minimum atomic E-state index is -0.315. The first-order valence-electron chi connectivity index (χ1n) is 13.4. The Bertz CT molecular complexity index is 2750. The predicted octanol–water partition coefficient (Wildman–Crippen LogP) is 5.67. The van der Waals surface area contributed by atoms with E-state index in [0.29, 0.717) is 76.5 Å². The molecular weight excluding hydrogens is 528 g/mol. The Labute approximate surface area is 232 Å². The van der Waals surface area contributed by atoms with Gasteiger partial charge < -0.3 is 19.9 Å². The summed E-state index contributed by atoms with van der Waals surface area (Å²) in [6, 6.07) is 24.7. The van der Waals surface area contributed by atoms with E-state index >= 15 is 0 Å². The van der Waals surface area contributed by atoms with Crippen molar-refractivity contribution in [2.75, 3.05) is 0 Å². The van der Waals surface area contributed by atoms with Crippen molar-refractivity contribution in [3.05, 3.63) is 126 Å². The Morgan fingerprint density at radius 3 is 1.05 bits per heavy atom. The van der Waals surface area contributed by atoms with E-state index in [0.717, 1.165) is 0 Å². The average molecular weight is 547 g/mol. The van der Waals surface area contributed by atoms with Crippen LogP contribution in [0.15, 0.2) is 104 Å². The fourth-order valence-electron chi connectivity index (χ4n) is 6.37. The number of fused-ring (bicyclic) bond motifs is 9. The fraction of sp³-hybridized carbons (Fsp3) is 0. The maximum Gasteiger partial charge on any atom is 0.198 e. The van der Waals surface area contributed by atoms with E-state index in [-0.39, 0.29) is 32.5 Å². The van der Waals surface area contributed by atoms with Crippen LogP contribution in [0.1, 0.15) is 0 Å². The molecule has 0 bridgehead atoms. The van der Waals surface area contributed by atoms with Gasteiger partial charge in [0, 0.05) is 43.4 Å². The number of H-pyrrole nitrogens is 4. The smallest absolute Gasteiger partial charge is 0.198 e. The summed E-state index contributed by atoms with van der Waals surface area (Å²) in [5.41, 5.74) is 3.55. The third kappa shape index (κ3) is 2.90. The maximum absolute atomic E-state index is 14.1. The molecule has 0 aliphatic heterocycles. The normalized spacial score (nSPS) is 12.2. The lowest BCUT2D eigenvalue weighted by Gasteiger charge is -2.10. The number of nitrogens with one attached hydrogen (secondary N) is 4. The van der Waals surface area contributed by atoms with Gasteiger partial charge in [0.15, 0.2) is 21.7 Å². The van der Waals surface area contributed by atoms with Gasteiger partial charge in [0.05, 0.1) is 43.9 Å². The highest BCUT2D eigenvalue weighted by Crippen LogP contribution is 2.27. The summed E-state index contributed by atoms with van der Waals surface area (Å²) >= 11 is 0. The van der Waals surface area contributed by atoms with Crippen LogP contribution < -0.4 is 21.7 Å². The Morgan fingerprint density at radius 1 is 0.310 bits per heavy atom. The first-order chi connectivity index (χ1) is 20.5. The lowest BCUT2D eigenvalue weighted by atomic mass is 10.0. The van der Waals surface area contributed by atoms with Gasteiger partial charge in [0.25, 0.3) is 0 Å². The van der Waals surface area contributed by atoms with Crippen molar-refractivity contribution < 1.29 is 0 Å². The van der Waals surface area contributed by atoms with E-state index in [1.165, 1.54) is 0 Å². The molecule has 4 heterocycles. The molecule has 0 radical (unpaired) electrons. The van der Waals surface area contributed by atoms with Gasteiger partial charge >= 0.3 is 0 Å². The second-order valence-corrected chi connectivity index (χ2v) is 10.7. The van der Waals surface area contributed by atoms with E-state index in [2.05, 4.69) is 19.9 Å². The van der Waals surface area contributed by atoms with Gasteiger partial charge in [0.2, 0.25) is 0 Å². The Morgan fingerprint density at radius 2 is 0.643 bits per heavy atom. The predicted molar refractivity (Wildman–Crippen MR) is 169 cm³/mol. The first-order valence-corrected chi connectivity index (χ1v) is 13.4. The molecule has 5 aromatic carbocycles. The largest absolute Gasteiger partial charge is 0.354 e. The van der Waals surface area contributed by atoms with Gasteiger partial charge in [0.1, 0.15) is 0 Å². The number of hydrogen-bond donors (Lipinski definition) is 4. The molecule has 198 valence electrons. The summed E-state index contributed by atoms with van der Waals surface area (Å²) in [7, 11) is 0. The van der Waals surface area contributed by atoms with Crippen LogP contribution in [0, 0.1) is 0 Å². The van der Waals surface area contributed by atoms with Gasteiger partial charge in [-0.1, -0.05) is 24.3 Å². The number of rotatable bonds is 0. The van der Waals surface area contributed by atoms with Crippen molar-refractivity contribution in [1.29, 1.82) is 0 Å². The minimum Gasteiger partial charge on any atom is -0.354 e. The van der Waals surface area contributed by atoms with Crippen LogP contribution >= 0.6 is 0 Å². The molecule has 9 aromatic rings. The van der Waals surface area contributed by atoms with E-state index in [1.54, 1.807) is 48.5 Å². The number of para-hydroxylation sites is 2. The minimum absolute atomic E-state index is 0.123. The van der Waals surface area contributed by atoms with Crippen molar-refractivity contribution in [2.24, 2.45) is 0 Å². The number of benzene rings is 5. The lowest BCUT2D eigenvalue weighted by Crippen LogP contribution is -2.13. The monoisotopic (exact) mass is 546 g/mol. The van der Waals surface area contributed by atoms with Crippen LogP contribution in [0.4, 0.5) is 0 Å². The second kappa shape index (κ2) is 7.80. The average Bonchev–Trinajstić information content (AvgIpc) is 3.01. The third-order valence-corrected chi connectivity index (χ3v) is 8.37.